The third kappa shape index (κ3) is 4.76. The average Bonchev–Trinajstić information content (AvgIpc) is 1.81. The van der Waals surface area contributed by atoms with E-state index in [4.69, 9.17) is 4.52 Å². The van der Waals surface area contributed by atoms with Crippen molar-refractivity contribution in [3.05, 3.63) is 0 Å². The maximum absolute atomic E-state index is 5.84. The Labute approximate surface area is 72.4 Å². The van der Waals surface area contributed by atoms with E-state index in [0.717, 1.165) is 0 Å². The topological polar surface area (TPSA) is 9.23 Å². The SMILES string of the molecule is CC(C)OP(C(C)C)C(C)C. The summed E-state index contributed by atoms with van der Waals surface area (Å²) in [5.41, 5.74) is 1.37. The van der Waals surface area contributed by atoms with Gasteiger partial charge in [-0.25, -0.2) is 0 Å². The molecule has 0 aromatic heterocycles. The van der Waals surface area contributed by atoms with Gasteiger partial charge in [-0.05, 0) is 25.2 Å². The van der Waals surface area contributed by atoms with Gasteiger partial charge in [-0.2, -0.15) is 0 Å². The molecule has 0 rings (SSSR count). The fourth-order valence-corrected chi connectivity index (χ4v) is 3.25. The van der Waals surface area contributed by atoms with Gasteiger partial charge in [-0.15, -0.1) is 0 Å². The molecule has 0 bridgehead atoms. The van der Waals surface area contributed by atoms with Gasteiger partial charge in [0.1, 0.15) is 0 Å². The van der Waals surface area contributed by atoms with Gasteiger partial charge in [0.15, 0.2) is 0 Å². The molecule has 0 saturated carbocycles. The van der Waals surface area contributed by atoms with E-state index in [-0.39, 0.29) is 8.15 Å². The summed E-state index contributed by atoms with van der Waals surface area (Å²) in [5.74, 6) is 0. The van der Waals surface area contributed by atoms with E-state index >= 15 is 0 Å². The molecule has 0 N–H and O–H groups in total. The van der Waals surface area contributed by atoms with Gasteiger partial charge >= 0.3 is 0 Å². The van der Waals surface area contributed by atoms with Crippen molar-refractivity contribution in [2.24, 2.45) is 0 Å². The Hall–Kier alpha value is 0.390. The summed E-state index contributed by atoms with van der Waals surface area (Å²) in [6.45, 7) is 13.2. The highest BCUT2D eigenvalue weighted by Crippen LogP contribution is 2.47. The Kier molecular flexibility index (Phi) is 5.29. The van der Waals surface area contributed by atoms with E-state index in [2.05, 4.69) is 41.5 Å². The van der Waals surface area contributed by atoms with Crippen LogP contribution >= 0.6 is 8.15 Å². The molecule has 0 atom stereocenters. The molecule has 0 amide bonds. The summed E-state index contributed by atoms with van der Waals surface area (Å²) in [4.78, 5) is 0. The van der Waals surface area contributed by atoms with Crippen LogP contribution in [0.25, 0.3) is 0 Å². The van der Waals surface area contributed by atoms with Gasteiger partial charge in [0.25, 0.3) is 0 Å². The van der Waals surface area contributed by atoms with Crippen LogP contribution in [0, 0.1) is 0 Å². The third-order valence-electron chi connectivity index (χ3n) is 1.35. The Morgan fingerprint density at radius 1 is 0.818 bits per heavy atom. The molecule has 1 nitrogen and oxygen atoms in total. The van der Waals surface area contributed by atoms with Crippen molar-refractivity contribution >= 4 is 8.15 Å². The Morgan fingerprint density at radius 2 is 1.18 bits per heavy atom. The second kappa shape index (κ2) is 5.11. The van der Waals surface area contributed by atoms with Crippen molar-refractivity contribution in [3.8, 4) is 0 Å². The van der Waals surface area contributed by atoms with E-state index in [1.165, 1.54) is 0 Å². The van der Waals surface area contributed by atoms with Crippen LogP contribution in [0.5, 0.6) is 0 Å². The van der Waals surface area contributed by atoms with Crippen molar-refractivity contribution in [3.63, 3.8) is 0 Å². The third-order valence-corrected chi connectivity index (χ3v) is 4.05. The summed E-state index contributed by atoms with van der Waals surface area (Å²) >= 11 is 0. The fourth-order valence-electron chi connectivity index (χ4n) is 1.08. The maximum atomic E-state index is 5.84. The van der Waals surface area contributed by atoms with Crippen LogP contribution in [0.15, 0.2) is 0 Å². The van der Waals surface area contributed by atoms with Gasteiger partial charge in [0, 0.05) is 8.15 Å². The lowest BCUT2D eigenvalue weighted by molar-refractivity contribution is 0.265. The highest BCUT2D eigenvalue weighted by Gasteiger charge is 2.18. The minimum atomic E-state index is -0.218. The van der Waals surface area contributed by atoms with Crippen LogP contribution in [-0.2, 0) is 4.52 Å². The quantitative estimate of drug-likeness (QED) is 0.594. The predicted octanol–water partition coefficient (Wildman–Crippen LogP) is 3.63. The first-order valence-corrected chi connectivity index (χ1v) is 5.80. The second-order valence-corrected chi connectivity index (χ2v) is 6.70. The van der Waals surface area contributed by atoms with Gasteiger partial charge < -0.3 is 4.52 Å². The van der Waals surface area contributed by atoms with E-state index in [1.54, 1.807) is 0 Å². The van der Waals surface area contributed by atoms with Crippen LogP contribution in [0.4, 0.5) is 0 Å². The Bertz CT molecular complexity index is 91.7. The molecule has 0 aliphatic rings. The lowest BCUT2D eigenvalue weighted by Crippen LogP contribution is -2.10. The average molecular weight is 176 g/mol. The van der Waals surface area contributed by atoms with E-state index in [9.17, 15) is 0 Å². The molecular formula is C9H21OP. The number of rotatable bonds is 4. The van der Waals surface area contributed by atoms with Crippen LogP contribution in [-0.4, -0.2) is 17.4 Å². The molecular weight excluding hydrogens is 155 g/mol. The number of hydrogen-bond donors (Lipinski definition) is 0. The Morgan fingerprint density at radius 3 is 1.27 bits per heavy atom. The molecule has 0 fully saturated rings. The molecule has 0 radical (unpaired) electrons. The maximum Gasteiger partial charge on any atom is 0.0561 e. The molecule has 0 saturated heterocycles. The zero-order chi connectivity index (χ0) is 9.02. The molecule has 0 aromatic rings. The van der Waals surface area contributed by atoms with Crippen molar-refractivity contribution in [2.45, 2.75) is 59.0 Å². The normalized spacial score (nSPS) is 12.5. The van der Waals surface area contributed by atoms with Gasteiger partial charge in [-0.3, -0.25) is 0 Å². The smallest absolute Gasteiger partial charge is 0.0561 e. The summed E-state index contributed by atoms with van der Waals surface area (Å²) in [5, 5.41) is 0. The van der Waals surface area contributed by atoms with Crippen LogP contribution in [0.3, 0.4) is 0 Å². The summed E-state index contributed by atoms with van der Waals surface area (Å²) < 4.78 is 5.84. The molecule has 0 heterocycles. The van der Waals surface area contributed by atoms with Crippen molar-refractivity contribution in [1.82, 2.24) is 0 Å². The molecule has 2 heteroatoms. The van der Waals surface area contributed by atoms with Gasteiger partial charge in [0.05, 0.1) is 6.10 Å². The molecule has 11 heavy (non-hydrogen) atoms. The highest BCUT2D eigenvalue weighted by atomic mass is 31.1. The van der Waals surface area contributed by atoms with Gasteiger partial charge in [-0.1, -0.05) is 27.7 Å². The monoisotopic (exact) mass is 176 g/mol. The molecule has 0 unspecified atom stereocenters. The minimum Gasteiger partial charge on any atom is -0.356 e. The molecule has 0 aliphatic carbocycles. The lowest BCUT2D eigenvalue weighted by Gasteiger charge is -2.26. The van der Waals surface area contributed by atoms with E-state index in [0.29, 0.717) is 17.4 Å². The second-order valence-electron chi connectivity index (χ2n) is 3.70. The van der Waals surface area contributed by atoms with Gasteiger partial charge in [0.2, 0.25) is 0 Å². The summed E-state index contributed by atoms with van der Waals surface area (Å²) in [6.07, 6.45) is 0.380. The van der Waals surface area contributed by atoms with E-state index < -0.39 is 0 Å². The molecule has 68 valence electrons. The van der Waals surface area contributed by atoms with Crippen LogP contribution < -0.4 is 0 Å². The number of hydrogen-bond acceptors (Lipinski definition) is 1. The Balaban J connectivity index is 3.90. The fraction of sp³-hybridized carbons (Fsp3) is 1.00. The molecule has 0 spiro atoms. The predicted molar refractivity (Wildman–Crippen MR) is 53.4 cm³/mol. The standard InChI is InChI=1S/C9H21OP/c1-7(2)10-11(8(3)4)9(5)6/h7-9H,1-6H3. The highest BCUT2D eigenvalue weighted by molar-refractivity contribution is 7.54. The zero-order valence-corrected chi connectivity index (χ0v) is 9.48. The lowest BCUT2D eigenvalue weighted by atomic mass is 10.5. The van der Waals surface area contributed by atoms with Crippen molar-refractivity contribution in [1.29, 1.82) is 0 Å². The molecule has 0 aliphatic heterocycles. The van der Waals surface area contributed by atoms with Crippen molar-refractivity contribution < 1.29 is 4.52 Å². The summed E-state index contributed by atoms with van der Waals surface area (Å²) in [6, 6.07) is 0. The van der Waals surface area contributed by atoms with E-state index in [1.807, 2.05) is 0 Å². The first-order valence-electron chi connectivity index (χ1n) is 4.40. The first-order chi connectivity index (χ1) is 4.95. The first kappa shape index (κ1) is 11.4. The minimum absolute atomic E-state index is 0.218. The van der Waals surface area contributed by atoms with Crippen LogP contribution in [0.1, 0.15) is 41.5 Å². The molecule has 0 aromatic carbocycles. The summed E-state index contributed by atoms with van der Waals surface area (Å²) in [7, 11) is -0.218. The zero-order valence-electron chi connectivity index (χ0n) is 8.59. The largest absolute Gasteiger partial charge is 0.356 e. The van der Waals surface area contributed by atoms with Crippen molar-refractivity contribution in [2.75, 3.05) is 0 Å². The van der Waals surface area contributed by atoms with Crippen LogP contribution in [0.2, 0.25) is 0 Å².